The first-order valence-corrected chi connectivity index (χ1v) is 11.0. The third-order valence-electron chi connectivity index (χ3n) is 5.71. The van der Waals surface area contributed by atoms with Crippen LogP contribution in [0.4, 0.5) is 22.9 Å². The van der Waals surface area contributed by atoms with Crippen LogP contribution in [0.3, 0.4) is 0 Å². The first kappa shape index (κ1) is 20.7. The van der Waals surface area contributed by atoms with Gasteiger partial charge in [-0.2, -0.15) is 10.2 Å². The molecule has 1 aliphatic rings. The van der Waals surface area contributed by atoms with Gasteiger partial charge in [0, 0.05) is 43.1 Å². The highest BCUT2D eigenvalue weighted by Gasteiger charge is 2.15. The number of rotatable bonds is 6. The predicted octanol–water partition coefficient (Wildman–Crippen LogP) is 4.47. The van der Waals surface area contributed by atoms with Gasteiger partial charge in [-0.05, 0) is 43.2 Å². The second-order valence-electron chi connectivity index (χ2n) is 8.05. The van der Waals surface area contributed by atoms with Gasteiger partial charge in [0.1, 0.15) is 5.69 Å². The van der Waals surface area contributed by atoms with Gasteiger partial charge >= 0.3 is 0 Å². The summed E-state index contributed by atoms with van der Waals surface area (Å²) >= 11 is 0. The number of nitrogens with one attached hydrogen (secondary N) is 2. The van der Waals surface area contributed by atoms with Crippen LogP contribution in [0.15, 0.2) is 72.9 Å². The average Bonchev–Trinajstić information content (AvgIpc) is 3.51. The van der Waals surface area contributed by atoms with E-state index < -0.39 is 0 Å². The van der Waals surface area contributed by atoms with Crippen molar-refractivity contribution in [3.8, 4) is 11.3 Å². The number of aromatic nitrogens is 4. The van der Waals surface area contributed by atoms with E-state index in [1.165, 1.54) is 12.8 Å². The van der Waals surface area contributed by atoms with Crippen molar-refractivity contribution in [2.45, 2.75) is 12.8 Å². The molecule has 0 atom stereocenters. The Morgan fingerprint density at radius 1 is 0.939 bits per heavy atom. The van der Waals surface area contributed by atoms with E-state index in [0.717, 1.165) is 35.7 Å². The number of anilines is 4. The lowest BCUT2D eigenvalue weighted by molar-refractivity contribution is 0.101. The van der Waals surface area contributed by atoms with E-state index in [4.69, 9.17) is 0 Å². The summed E-state index contributed by atoms with van der Waals surface area (Å²) in [6, 6.07) is 21.1. The van der Waals surface area contributed by atoms with E-state index in [0.29, 0.717) is 17.2 Å². The van der Waals surface area contributed by atoms with Crippen molar-refractivity contribution < 1.29 is 4.79 Å². The first-order chi connectivity index (χ1) is 16.2. The highest BCUT2D eigenvalue weighted by atomic mass is 16.2. The molecule has 1 fully saturated rings. The maximum absolute atomic E-state index is 12.8. The summed E-state index contributed by atoms with van der Waals surface area (Å²) in [5, 5.41) is 19.0. The van der Waals surface area contributed by atoms with Gasteiger partial charge in [-0.25, -0.2) is 0 Å². The smallest absolute Gasteiger partial charge is 0.273 e. The normalized spacial score (nSPS) is 13.2. The summed E-state index contributed by atoms with van der Waals surface area (Å²) in [4.78, 5) is 15.1. The molecule has 1 saturated heterocycles. The van der Waals surface area contributed by atoms with Gasteiger partial charge in [0.2, 0.25) is 0 Å². The van der Waals surface area contributed by atoms with E-state index in [1.54, 1.807) is 24.0 Å². The minimum atomic E-state index is -0.211. The maximum Gasteiger partial charge on any atom is 0.273 e. The van der Waals surface area contributed by atoms with Gasteiger partial charge < -0.3 is 15.5 Å². The second kappa shape index (κ2) is 9.12. The van der Waals surface area contributed by atoms with Crippen LogP contribution in [0.2, 0.25) is 0 Å². The zero-order valence-electron chi connectivity index (χ0n) is 18.4. The van der Waals surface area contributed by atoms with Crippen LogP contribution in [0.25, 0.3) is 11.3 Å². The Hall–Kier alpha value is -4.20. The molecule has 0 unspecified atom stereocenters. The van der Waals surface area contributed by atoms with Crippen LogP contribution in [0, 0.1) is 0 Å². The summed E-state index contributed by atoms with van der Waals surface area (Å²) in [6.45, 7) is 2.12. The SMILES string of the molecule is Cn1nc(-c2ccccc2)cc1C(=O)Nc1ccc(Nc2cc(N3CCCC3)cnn2)cc1. The average molecular weight is 440 g/mol. The lowest BCUT2D eigenvalue weighted by Crippen LogP contribution is -2.18. The summed E-state index contributed by atoms with van der Waals surface area (Å²) in [7, 11) is 1.77. The number of hydrogen-bond acceptors (Lipinski definition) is 6. The fourth-order valence-corrected chi connectivity index (χ4v) is 3.98. The molecule has 0 radical (unpaired) electrons. The van der Waals surface area contributed by atoms with Crippen molar-refractivity contribution in [3.63, 3.8) is 0 Å². The first-order valence-electron chi connectivity index (χ1n) is 11.0. The fraction of sp³-hybridized carbons (Fsp3) is 0.200. The molecule has 166 valence electrons. The molecule has 0 spiro atoms. The molecular weight excluding hydrogens is 414 g/mol. The lowest BCUT2D eigenvalue weighted by atomic mass is 10.1. The van der Waals surface area contributed by atoms with Crippen LogP contribution in [-0.4, -0.2) is 39.0 Å². The van der Waals surface area contributed by atoms with E-state index in [2.05, 4.69) is 30.8 Å². The van der Waals surface area contributed by atoms with Gasteiger partial charge in [-0.15, -0.1) is 5.10 Å². The van der Waals surface area contributed by atoms with Crippen molar-refractivity contribution in [1.29, 1.82) is 0 Å². The molecule has 2 aromatic heterocycles. The van der Waals surface area contributed by atoms with E-state index in [-0.39, 0.29) is 5.91 Å². The molecule has 33 heavy (non-hydrogen) atoms. The topological polar surface area (TPSA) is 88.0 Å². The Morgan fingerprint density at radius 3 is 2.42 bits per heavy atom. The van der Waals surface area contributed by atoms with Gasteiger partial charge in [-0.3, -0.25) is 9.48 Å². The standard InChI is InChI=1S/C25H25N7O/c1-31-23(16-22(30-31)18-7-3-2-4-8-18)25(33)28-20-11-9-19(10-12-20)27-24-15-21(17-26-29-24)32-13-5-6-14-32/h2-4,7-12,15-17H,5-6,13-14H2,1H3,(H,27,29)(H,28,33). The van der Waals surface area contributed by atoms with Crippen LogP contribution < -0.4 is 15.5 Å². The Labute approximate surface area is 192 Å². The molecule has 1 aliphatic heterocycles. The minimum absolute atomic E-state index is 0.211. The second-order valence-corrected chi connectivity index (χ2v) is 8.05. The summed E-state index contributed by atoms with van der Waals surface area (Å²) < 4.78 is 1.60. The molecule has 0 bridgehead atoms. The molecule has 2 N–H and O–H groups in total. The minimum Gasteiger partial charge on any atom is -0.370 e. The Bertz CT molecular complexity index is 1250. The molecular formula is C25H25N7O. The molecule has 4 aromatic rings. The van der Waals surface area contributed by atoms with Crippen molar-refractivity contribution in [2.24, 2.45) is 7.05 Å². The lowest BCUT2D eigenvalue weighted by Gasteiger charge is -2.17. The highest BCUT2D eigenvalue weighted by Crippen LogP contribution is 2.24. The van der Waals surface area contributed by atoms with Crippen molar-refractivity contribution in [2.75, 3.05) is 28.6 Å². The molecule has 3 heterocycles. The van der Waals surface area contributed by atoms with E-state index >= 15 is 0 Å². The highest BCUT2D eigenvalue weighted by molar-refractivity contribution is 6.03. The number of nitrogens with zero attached hydrogens (tertiary/aromatic N) is 5. The molecule has 8 heteroatoms. The number of carbonyl (C=O) groups is 1. The molecule has 5 rings (SSSR count). The quantitative estimate of drug-likeness (QED) is 0.461. The third kappa shape index (κ3) is 4.69. The van der Waals surface area contributed by atoms with Crippen LogP contribution >= 0.6 is 0 Å². The summed E-state index contributed by atoms with van der Waals surface area (Å²) in [5.74, 6) is 0.483. The third-order valence-corrected chi connectivity index (χ3v) is 5.71. The molecule has 2 aromatic carbocycles. The van der Waals surface area contributed by atoms with Crippen molar-refractivity contribution >= 4 is 28.8 Å². The number of hydrogen-bond donors (Lipinski definition) is 2. The Kier molecular flexibility index (Phi) is 5.72. The number of carbonyl (C=O) groups excluding carboxylic acids is 1. The largest absolute Gasteiger partial charge is 0.370 e. The van der Waals surface area contributed by atoms with Crippen LogP contribution in [0.1, 0.15) is 23.3 Å². The molecule has 1 amide bonds. The summed E-state index contributed by atoms with van der Waals surface area (Å²) in [5.41, 5.74) is 4.88. The van der Waals surface area contributed by atoms with E-state index in [1.807, 2.05) is 60.7 Å². The van der Waals surface area contributed by atoms with Gasteiger partial charge in [0.25, 0.3) is 5.91 Å². The van der Waals surface area contributed by atoms with Gasteiger partial charge in [0.15, 0.2) is 5.82 Å². The molecule has 8 nitrogen and oxygen atoms in total. The van der Waals surface area contributed by atoms with E-state index in [9.17, 15) is 4.79 Å². The van der Waals surface area contributed by atoms with Gasteiger partial charge in [-0.1, -0.05) is 30.3 Å². The van der Waals surface area contributed by atoms with Gasteiger partial charge in [0.05, 0.1) is 17.6 Å². The Balaban J connectivity index is 1.25. The van der Waals surface area contributed by atoms with Crippen molar-refractivity contribution in [3.05, 3.63) is 78.6 Å². The van der Waals surface area contributed by atoms with Crippen LogP contribution in [0.5, 0.6) is 0 Å². The number of benzene rings is 2. The number of aryl methyl sites for hydroxylation is 1. The molecule has 0 saturated carbocycles. The maximum atomic E-state index is 12.8. The Morgan fingerprint density at radius 2 is 1.67 bits per heavy atom. The van der Waals surface area contributed by atoms with Crippen molar-refractivity contribution in [1.82, 2.24) is 20.0 Å². The summed E-state index contributed by atoms with van der Waals surface area (Å²) in [6.07, 6.45) is 4.23. The zero-order valence-corrected chi connectivity index (χ0v) is 18.4. The number of amides is 1. The van der Waals surface area contributed by atoms with Crippen LogP contribution in [-0.2, 0) is 7.05 Å². The zero-order chi connectivity index (χ0) is 22.6. The monoisotopic (exact) mass is 439 g/mol. The molecule has 0 aliphatic carbocycles. The fourth-order valence-electron chi connectivity index (χ4n) is 3.98. The predicted molar refractivity (Wildman–Crippen MR) is 130 cm³/mol.